The molecule has 5 nitrogen and oxygen atoms in total. The van der Waals surface area contributed by atoms with E-state index in [0.717, 1.165) is 23.2 Å². The summed E-state index contributed by atoms with van der Waals surface area (Å²) >= 11 is 0. The normalized spacial score (nSPS) is 11.0. The van der Waals surface area contributed by atoms with Crippen LogP contribution in [0.2, 0.25) is 0 Å². The van der Waals surface area contributed by atoms with Crippen molar-refractivity contribution >= 4 is 17.5 Å². The van der Waals surface area contributed by atoms with E-state index in [9.17, 15) is 9.59 Å². The Morgan fingerprint density at radius 1 is 1.00 bits per heavy atom. The Kier molecular flexibility index (Phi) is 6.31. The Balaban J connectivity index is 1.85. The van der Waals surface area contributed by atoms with Gasteiger partial charge in [-0.3, -0.25) is 14.4 Å². The maximum atomic E-state index is 12.3. The molecule has 0 spiro atoms. The van der Waals surface area contributed by atoms with Crippen LogP contribution in [0.4, 0.5) is 5.69 Å². The highest BCUT2D eigenvalue weighted by molar-refractivity contribution is 5.92. The number of hydrogen-bond donors (Lipinski definition) is 2. The zero-order valence-corrected chi connectivity index (χ0v) is 14.8. The molecule has 0 aliphatic heterocycles. The van der Waals surface area contributed by atoms with Crippen molar-refractivity contribution in [3.63, 3.8) is 0 Å². The number of nitrogens with one attached hydrogen (secondary N) is 2. The number of anilines is 1. The highest BCUT2D eigenvalue weighted by Gasteiger charge is 2.29. The van der Waals surface area contributed by atoms with Crippen LogP contribution in [-0.2, 0) is 26.3 Å². The minimum atomic E-state index is -0.757. The Bertz CT molecular complexity index is 727. The predicted molar refractivity (Wildman–Crippen MR) is 98.0 cm³/mol. The Morgan fingerprint density at radius 3 is 2.32 bits per heavy atom. The lowest BCUT2D eigenvalue weighted by atomic mass is 9.84. The topological polar surface area (TPSA) is 67.4 Å². The third-order valence-electron chi connectivity index (χ3n) is 4.10. The Labute approximate surface area is 148 Å². The molecule has 2 aromatic carbocycles. The SMILES string of the molecule is CCc1ccccc1NC(=O)CONC(=O)C(C)(C)c1ccccc1. The second kappa shape index (κ2) is 8.44. The maximum absolute atomic E-state index is 12.3. The van der Waals surface area contributed by atoms with Gasteiger partial charge in [-0.2, -0.15) is 0 Å². The average Bonchev–Trinajstić information content (AvgIpc) is 2.62. The molecule has 0 aliphatic carbocycles. The molecule has 0 saturated carbocycles. The minimum Gasteiger partial charge on any atom is -0.324 e. The molecule has 2 amide bonds. The van der Waals surface area contributed by atoms with Gasteiger partial charge in [-0.1, -0.05) is 55.5 Å². The van der Waals surface area contributed by atoms with E-state index in [4.69, 9.17) is 4.84 Å². The van der Waals surface area contributed by atoms with Crippen LogP contribution in [-0.4, -0.2) is 18.4 Å². The number of hydrogen-bond acceptors (Lipinski definition) is 3. The largest absolute Gasteiger partial charge is 0.324 e. The van der Waals surface area contributed by atoms with Crippen molar-refractivity contribution in [1.29, 1.82) is 0 Å². The Hall–Kier alpha value is -2.66. The highest BCUT2D eigenvalue weighted by Crippen LogP contribution is 2.22. The molecule has 0 unspecified atom stereocenters. The number of carbonyl (C=O) groups excluding carboxylic acids is 2. The molecule has 0 aromatic heterocycles. The molecule has 0 saturated heterocycles. The fourth-order valence-electron chi connectivity index (χ4n) is 2.42. The van der Waals surface area contributed by atoms with Gasteiger partial charge in [0.1, 0.15) is 0 Å². The third-order valence-corrected chi connectivity index (χ3v) is 4.10. The molecule has 2 rings (SSSR count). The number of rotatable bonds is 7. The van der Waals surface area contributed by atoms with Crippen LogP contribution in [0.15, 0.2) is 54.6 Å². The van der Waals surface area contributed by atoms with Gasteiger partial charge in [0.25, 0.3) is 11.8 Å². The van der Waals surface area contributed by atoms with Crippen molar-refractivity contribution in [1.82, 2.24) is 5.48 Å². The smallest absolute Gasteiger partial charge is 0.253 e. The van der Waals surface area contributed by atoms with Gasteiger partial charge in [0.05, 0.1) is 5.41 Å². The lowest BCUT2D eigenvalue weighted by Crippen LogP contribution is -2.41. The molecule has 2 aromatic rings. The van der Waals surface area contributed by atoms with E-state index < -0.39 is 5.41 Å². The molecular formula is C20H24N2O3. The van der Waals surface area contributed by atoms with Gasteiger partial charge >= 0.3 is 0 Å². The summed E-state index contributed by atoms with van der Waals surface area (Å²) in [6.45, 7) is 5.37. The van der Waals surface area contributed by atoms with Crippen LogP contribution < -0.4 is 10.8 Å². The lowest BCUT2D eigenvalue weighted by Gasteiger charge is -2.23. The summed E-state index contributed by atoms with van der Waals surface area (Å²) in [4.78, 5) is 29.4. The second-order valence-corrected chi connectivity index (χ2v) is 6.27. The quantitative estimate of drug-likeness (QED) is 0.761. The van der Waals surface area contributed by atoms with E-state index in [1.807, 2.05) is 61.5 Å². The van der Waals surface area contributed by atoms with Crippen LogP contribution in [0.1, 0.15) is 31.9 Å². The molecule has 5 heteroatoms. The molecule has 2 N–H and O–H groups in total. The standard InChI is InChI=1S/C20H24N2O3/c1-4-15-10-8-9-13-17(15)21-18(23)14-25-22-19(24)20(2,3)16-11-6-5-7-12-16/h5-13H,4,14H2,1-3H3,(H,21,23)(H,22,24). The monoisotopic (exact) mass is 340 g/mol. The zero-order chi connectivity index (χ0) is 18.3. The van der Waals surface area contributed by atoms with Crippen molar-refractivity contribution in [3.05, 3.63) is 65.7 Å². The number of carbonyl (C=O) groups is 2. The number of hydroxylamine groups is 1. The van der Waals surface area contributed by atoms with Gasteiger partial charge in [0.2, 0.25) is 0 Å². The van der Waals surface area contributed by atoms with E-state index in [2.05, 4.69) is 10.8 Å². The van der Waals surface area contributed by atoms with Gasteiger partial charge < -0.3 is 5.32 Å². The first-order valence-electron chi connectivity index (χ1n) is 8.30. The van der Waals surface area contributed by atoms with Crippen LogP contribution in [0.3, 0.4) is 0 Å². The number of aryl methyl sites for hydroxylation is 1. The summed E-state index contributed by atoms with van der Waals surface area (Å²) in [6, 6.07) is 17.0. The van der Waals surface area contributed by atoms with Crippen LogP contribution in [0.5, 0.6) is 0 Å². The molecular weight excluding hydrogens is 316 g/mol. The van der Waals surface area contributed by atoms with Gasteiger partial charge in [-0.25, -0.2) is 5.48 Å². The fourth-order valence-corrected chi connectivity index (χ4v) is 2.42. The number of para-hydroxylation sites is 1. The molecule has 0 bridgehead atoms. The maximum Gasteiger partial charge on any atom is 0.253 e. The summed E-state index contributed by atoms with van der Waals surface area (Å²) in [5.41, 5.74) is 4.29. The first-order chi connectivity index (χ1) is 11.9. The first-order valence-corrected chi connectivity index (χ1v) is 8.30. The van der Waals surface area contributed by atoms with Crippen LogP contribution in [0, 0.1) is 0 Å². The van der Waals surface area contributed by atoms with E-state index in [-0.39, 0.29) is 18.4 Å². The molecule has 0 fully saturated rings. The van der Waals surface area contributed by atoms with Crippen LogP contribution >= 0.6 is 0 Å². The van der Waals surface area contributed by atoms with Crippen molar-refractivity contribution in [2.75, 3.05) is 11.9 Å². The Morgan fingerprint density at radius 2 is 1.64 bits per heavy atom. The number of benzene rings is 2. The lowest BCUT2D eigenvalue weighted by molar-refractivity contribution is -0.141. The van der Waals surface area contributed by atoms with Crippen molar-refractivity contribution in [2.45, 2.75) is 32.6 Å². The predicted octanol–water partition coefficient (Wildman–Crippen LogP) is 3.21. The van der Waals surface area contributed by atoms with Crippen molar-refractivity contribution < 1.29 is 14.4 Å². The minimum absolute atomic E-state index is 0.255. The molecule has 0 radical (unpaired) electrons. The summed E-state index contributed by atoms with van der Waals surface area (Å²) in [6.07, 6.45) is 0.819. The molecule has 0 aliphatic rings. The first kappa shape index (κ1) is 18.7. The van der Waals surface area contributed by atoms with E-state index >= 15 is 0 Å². The molecule has 0 heterocycles. The highest BCUT2D eigenvalue weighted by atomic mass is 16.7. The second-order valence-electron chi connectivity index (χ2n) is 6.27. The van der Waals surface area contributed by atoms with E-state index in [1.165, 1.54) is 0 Å². The fraction of sp³-hybridized carbons (Fsp3) is 0.300. The van der Waals surface area contributed by atoms with Gasteiger partial charge in [-0.05, 0) is 37.5 Å². The van der Waals surface area contributed by atoms with E-state index in [1.54, 1.807) is 13.8 Å². The summed E-state index contributed by atoms with van der Waals surface area (Å²) in [7, 11) is 0. The van der Waals surface area contributed by atoms with Gasteiger partial charge in [0.15, 0.2) is 6.61 Å². The third kappa shape index (κ3) is 4.90. The van der Waals surface area contributed by atoms with E-state index in [0.29, 0.717) is 0 Å². The molecule has 0 atom stereocenters. The van der Waals surface area contributed by atoms with Crippen molar-refractivity contribution in [3.8, 4) is 0 Å². The summed E-state index contributed by atoms with van der Waals surface area (Å²) < 4.78 is 0. The zero-order valence-electron chi connectivity index (χ0n) is 14.8. The van der Waals surface area contributed by atoms with Gasteiger partial charge in [-0.15, -0.1) is 0 Å². The van der Waals surface area contributed by atoms with Gasteiger partial charge in [0, 0.05) is 5.69 Å². The van der Waals surface area contributed by atoms with Crippen LogP contribution in [0.25, 0.3) is 0 Å². The van der Waals surface area contributed by atoms with Crippen molar-refractivity contribution in [2.24, 2.45) is 0 Å². The average molecular weight is 340 g/mol. The summed E-state index contributed by atoms with van der Waals surface area (Å²) in [5, 5.41) is 2.79. The molecule has 132 valence electrons. The molecule has 25 heavy (non-hydrogen) atoms. The number of amides is 2. The summed E-state index contributed by atoms with van der Waals surface area (Å²) in [5.74, 6) is -0.626.